The van der Waals surface area contributed by atoms with E-state index in [2.05, 4.69) is 44.2 Å². The van der Waals surface area contributed by atoms with Crippen LogP contribution in [0, 0.1) is 13.8 Å². The Kier molecular flexibility index (Phi) is 4.02. The fourth-order valence-electron chi connectivity index (χ4n) is 1.45. The molecule has 2 N–H and O–H groups in total. The van der Waals surface area contributed by atoms with E-state index in [0.29, 0.717) is 0 Å². The Bertz CT molecular complexity index is 506. The highest BCUT2D eigenvalue weighted by atomic mass is 33.1. The van der Waals surface area contributed by atoms with E-state index in [1.54, 1.807) is 21.6 Å². The molecule has 17 heavy (non-hydrogen) atoms. The summed E-state index contributed by atoms with van der Waals surface area (Å²) in [4.78, 5) is 2.54. The summed E-state index contributed by atoms with van der Waals surface area (Å²) in [5.41, 5.74) is 9.09. The van der Waals surface area contributed by atoms with Crippen LogP contribution >= 0.6 is 21.6 Å². The van der Waals surface area contributed by atoms with Crippen molar-refractivity contribution in [2.45, 2.75) is 23.6 Å². The average molecular weight is 261 g/mol. The van der Waals surface area contributed by atoms with Crippen molar-refractivity contribution in [3.8, 4) is 0 Å². The van der Waals surface area contributed by atoms with Gasteiger partial charge in [0, 0.05) is 15.5 Å². The van der Waals surface area contributed by atoms with Gasteiger partial charge in [0.1, 0.15) is 0 Å². The van der Waals surface area contributed by atoms with Crippen LogP contribution in [0.15, 0.2) is 52.3 Å². The minimum absolute atomic E-state index is 0.826. The first-order chi connectivity index (χ1) is 8.15. The summed E-state index contributed by atoms with van der Waals surface area (Å²) >= 11 is 0. The molecule has 88 valence electrons. The maximum Gasteiger partial charge on any atom is 0.0317 e. The summed E-state index contributed by atoms with van der Waals surface area (Å²) < 4.78 is 0. The highest BCUT2D eigenvalue weighted by Crippen LogP contribution is 2.39. The molecule has 0 spiro atoms. The summed E-state index contributed by atoms with van der Waals surface area (Å²) in [7, 11) is 3.55. The van der Waals surface area contributed by atoms with Gasteiger partial charge < -0.3 is 5.73 Å². The van der Waals surface area contributed by atoms with Crippen molar-refractivity contribution in [2.24, 2.45) is 0 Å². The van der Waals surface area contributed by atoms with Crippen LogP contribution in [0.5, 0.6) is 0 Å². The molecule has 0 aromatic heterocycles. The molecule has 0 amide bonds. The Morgan fingerprint density at radius 1 is 0.882 bits per heavy atom. The molecule has 0 aliphatic rings. The van der Waals surface area contributed by atoms with Gasteiger partial charge in [-0.3, -0.25) is 0 Å². The molecule has 2 aromatic carbocycles. The third kappa shape index (κ3) is 3.45. The number of anilines is 1. The minimum Gasteiger partial charge on any atom is -0.399 e. The van der Waals surface area contributed by atoms with Crippen LogP contribution in [-0.4, -0.2) is 0 Å². The van der Waals surface area contributed by atoms with E-state index in [1.807, 2.05) is 12.1 Å². The largest absolute Gasteiger partial charge is 0.399 e. The second-order valence-corrected chi connectivity index (χ2v) is 6.25. The molecular formula is C14H15NS2. The van der Waals surface area contributed by atoms with Gasteiger partial charge in [-0.25, -0.2) is 0 Å². The molecule has 0 aliphatic carbocycles. The number of hydrogen-bond acceptors (Lipinski definition) is 3. The van der Waals surface area contributed by atoms with Crippen LogP contribution in [0.25, 0.3) is 0 Å². The van der Waals surface area contributed by atoms with Crippen molar-refractivity contribution in [3.05, 3.63) is 53.6 Å². The van der Waals surface area contributed by atoms with Crippen molar-refractivity contribution < 1.29 is 0 Å². The molecule has 1 nitrogen and oxygen atoms in total. The predicted molar refractivity (Wildman–Crippen MR) is 78.5 cm³/mol. The summed E-state index contributed by atoms with van der Waals surface area (Å²) in [5.74, 6) is 0. The maximum atomic E-state index is 5.74. The van der Waals surface area contributed by atoms with Gasteiger partial charge in [0.2, 0.25) is 0 Å². The van der Waals surface area contributed by atoms with E-state index in [0.717, 1.165) is 5.69 Å². The van der Waals surface area contributed by atoms with Crippen LogP contribution in [0.4, 0.5) is 5.69 Å². The number of nitrogen functional groups attached to an aromatic ring is 1. The summed E-state index contributed by atoms with van der Waals surface area (Å²) in [5, 5.41) is 0. The zero-order chi connectivity index (χ0) is 12.3. The smallest absolute Gasteiger partial charge is 0.0317 e. The normalized spacial score (nSPS) is 10.5. The Hall–Kier alpha value is -1.06. The zero-order valence-electron chi connectivity index (χ0n) is 9.94. The zero-order valence-corrected chi connectivity index (χ0v) is 11.6. The standard InChI is InChI=1S/C14H15NS2/c1-10-3-6-13(7-4-10)16-17-14-8-5-12(15)9-11(14)2/h3-9H,15H2,1-2H3. The van der Waals surface area contributed by atoms with Crippen molar-refractivity contribution in [3.63, 3.8) is 0 Å². The fourth-order valence-corrected chi connectivity index (χ4v) is 3.65. The molecule has 2 aromatic rings. The van der Waals surface area contributed by atoms with Gasteiger partial charge in [0.25, 0.3) is 0 Å². The number of aryl methyl sites for hydroxylation is 2. The first-order valence-electron chi connectivity index (χ1n) is 5.42. The topological polar surface area (TPSA) is 26.0 Å². The van der Waals surface area contributed by atoms with Crippen LogP contribution in [0.3, 0.4) is 0 Å². The lowest BCUT2D eigenvalue weighted by Crippen LogP contribution is -1.86. The van der Waals surface area contributed by atoms with Crippen LogP contribution in [0.2, 0.25) is 0 Å². The molecule has 0 heterocycles. The van der Waals surface area contributed by atoms with E-state index >= 15 is 0 Å². The molecular weight excluding hydrogens is 246 g/mol. The van der Waals surface area contributed by atoms with Crippen LogP contribution in [-0.2, 0) is 0 Å². The SMILES string of the molecule is Cc1ccc(SSc2ccc(N)cc2C)cc1. The number of rotatable bonds is 3. The molecule has 0 unspecified atom stereocenters. The second-order valence-electron chi connectivity index (χ2n) is 4.00. The first-order valence-corrected chi connectivity index (χ1v) is 7.57. The molecule has 0 aliphatic heterocycles. The van der Waals surface area contributed by atoms with Crippen molar-refractivity contribution in [2.75, 3.05) is 5.73 Å². The molecule has 0 bridgehead atoms. The second kappa shape index (κ2) is 5.52. The number of nitrogens with two attached hydrogens (primary N) is 1. The maximum absolute atomic E-state index is 5.74. The van der Waals surface area contributed by atoms with E-state index in [4.69, 9.17) is 5.73 Å². The Morgan fingerprint density at radius 2 is 1.59 bits per heavy atom. The van der Waals surface area contributed by atoms with Gasteiger partial charge in [-0.1, -0.05) is 39.3 Å². The van der Waals surface area contributed by atoms with E-state index in [-0.39, 0.29) is 0 Å². The lowest BCUT2D eigenvalue weighted by atomic mass is 10.2. The summed E-state index contributed by atoms with van der Waals surface area (Å²) in [6.07, 6.45) is 0. The third-order valence-corrected chi connectivity index (χ3v) is 5.00. The number of benzene rings is 2. The number of hydrogen-bond donors (Lipinski definition) is 1. The molecule has 0 saturated carbocycles. The Balaban J connectivity index is 2.04. The van der Waals surface area contributed by atoms with Gasteiger partial charge in [-0.05, 0) is 49.7 Å². The molecule has 3 heteroatoms. The van der Waals surface area contributed by atoms with E-state index in [9.17, 15) is 0 Å². The molecule has 0 fully saturated rings. The molecule has 0 radical (unpaired) electrons. The van der Waals surface area contributed by atoms with Crippen LogP contribution < -0.4 is 5.73 Å². The summed E-state index contributed by atoms with van der Waals surface area (Å²) in [6.45, 7) is 4.19. The van der Waals surface area contributed by atoms with E-state index < -0.39 is 0 Å². The van der Waals surface area contributed by atoms with Crippen molar-refractivity contribution >= 4 is 27.3 Å². The first kappa shape index (κ1) is 12.4. The Labute approximate surface area is 110 Å². The average Bonchev–Trinajstić information content (AvgIpc) is 2.30. The highest BCUT2D eigenvalue weighted by Gasteiger charge is 2.01. The molecule has 0 atom stereocenters. The molecule has 2 rings (SSSR count). The summed E-state index contributed by atoms with van der Waals surface area (Å²) in [6, 6.07) is 14.6. The van der Waals surface area contributed by atoms with Crippen LogP contribution in [0.1, 0.15) is 11.1 Å². The lowest BCUT2D eigenvalue weighted by Gasteiger charge is -2.05. The van der Waals surface area contributed by atoms with Gasteiger partial charge >= 0.3 is 0 Å². The minimum atomic E-state index is 0.826. The van der Waals surface area contributed by atoms with E-state index in [1.165, 1.54) is 20.9 Å². The lowest BCUT2D eigenvalue weighted by molar-refractivity contribution is 1.31. The van der Waals surface area contributed by atoms with Crippen molar-refractivity contribution in [1.82, 2.24) is 0 Å². The quantitative estimate of drug-likeness (QED) is 0.641. The van der Waals surface area contributed by atoms with Gasteiger partial charge in [-0.2, -0.15) is 0 Å². The molecule has 0 saturated heterocycles. The monoisotopic (exact) mass is 261 g/mol. The van der Waals surface area contributed by atoms with Gasteiger partial charge in [-0.15, -0.1) is 0 Å². The fraction of sp³-hybridized carbons (Fsp3) is 0.143. The van der Waals surface area contributed by atoms with Gasteiger partial charge in [0.05, 0.1) is 0 Å². The van der Waals surface area contributed by atoms with Gasteiger partial charge in [0.15, 0.2) is 0 Å². The van der Waals surface area contributed by atoms with Crippen molar-refractivity contribution in [1.29, 1.82) is 0 Å². The third-order valence-electron chi connectivity index (χ3n) is 2.45. The Morgan fingerprint density at radius 3 is 2.24 bits per heavy atom. The highest BCUT2D eigenvalue weighted by molar-refractivity contribution is 8.76. The predicted octanol–water partition coefficient (Wildman–Crippen LogP) is 4.69.